The molecule has 2 rings (SSSR count). The normalized spacial score (nSPS) is 14.6. The maximum atomic E-state index is 10.6. The molecule has 16 heavy (non-hydrogen) atoms. The fourth-order valence-corrected chi connectivity index (χ4v) is 2.22. The maximum absolute atomic E-state index is 10.6. The lowest BCUT2D eigenvalue weighted by molar-refractivity contribution is -0.384. The predicted octanol–water partition coefficient (Wildman–Crippen LogP) is 3.37. The smallest absolute Gasteiger partial charge is 0.271 e. The van der Waals surface area contributed by atoms with Gasteiger partial charge in [-0.15, -0.1) is 0 Å². The Labute approximate surface area is 109 Å². The molecule has 1 aliphatic heterocycles. The molecular formula is C9H7Br2N3O2. The highest BCUT2D eigenvalue weighted by Crippen LogP contribution is 2.39. The molecule has 1 N–H and O–H groups in total. The van der Waals surface area contributed by atoms with Gasteiger partial charge in [0.25, 0.3) is 5.69 Å². The average Bonchev–Trinajstić information content (AvgIpc) is 2.25. The van der Waals surface area contributed by atoms with Gasteiger partial charge in [-0.2, -0.15) is 0 Å². The van der Waals surface area contributed by atoms with E-state index in [1.807, 2.05) is 11.9 Å². The first-order chi connectivity index (χ1) is 7.50. The Bertz CT molecular complexity index is 502. The van der Waals surface area contributed by atoms with E-state index in [0.29, 0.717) is 5.69 Å². The summed E-state index contributed by atoms with van der Waals surface area (Å²) in [6.45, 7) is 0. The standard InChI is InChI=1S/C9H7Br2N3O2/c1-13-7-3-2-5(14(15)16)4-6(7)12-8(10)9(13)11/h2-4,12H,1H3. The SMILES string of the molecule is CN1C(Br)=C(Br)Nc2cc([N+](=O)[O-])ccc21. The average molecular weight is 349 g/mol. The van der Waals surface area contributed by atoms with Crippen LogP contribution in [0.3, 0.4) is 0 Å². The summed E-state index contributed by atoms with van der Waals surface area (Å²) in [6.07, 6.45) is 0. The monoisotopic (exact) mass is 347 g/mol. The molecular weight excluding hydrogens is 342 g/mol. The minimum Gasteiger partial charge on any atom is -0.346 e. The van der Waals surface area contributed by atoms with Crippen molar-refractivity contribution in [3.05, 3.63) is 37.5 Å². The Hall–Kier alpha value is -1.08. The summed E-state index contributed by atoms with van der Waals surface area (Å²) in [5.74, 6) is 0. The molecule has 0 fully saturated rings. The molecule has 0 bridgehead atoms. The molecule has 0 saturated heterocycles. The Morgan fingerprint density at radius 3 is 2.75 bits per heavy atom. The van der Waals surface area contributed by atoms with Crippen molar-refractivity contribution in [3.63, 3.8) is 0 Å². The third-order valence-corrected chi connectivity index (χ3v) is 4.31. The molecule has 1 aromatic carbocycles. The highest BCUT2D eigenvalue weighted by atomic mass is 79.9. The van der Waals surface area contributed by atoms with Crippen molar-refractivity contribution in [2.75, 3.05) is 17.3 Å². The van der Waals surface area contributed by atoms with E-state index in [1.165, 1.54) is 12.1 Å². The fraction of sp³-hybridized carbons (Fsp3) is 0.111. The Morgan fingerprint density at radius 1 is 1.44 bits per heavy atom. The number of hydrogen-bond donors (Lipinski definition) is 1. The first-order valence-electron chi connectivity index (χ1n) is 4.35. The van der Waals surface area contributed by atoms with Gasteiger partial charge in [-0.05, 0) is 37.9 Å². The molecule has 1 heterocycles. The van der Waals surface area contributed by atoms with Gasteiger partial charge < -0.3 is 10.2 Å². The van der Waals surface area contributed by atoms with E-state index in [0.717, 1.165) is 14.9 Å². The number of hydrogen-bond acceptors (Lipinski definition) is 4. The lowest BCUT2D eigenvalue weighted by Gasteiger charge is -2.28. The van der Waals surface area contributed by atoms with Crippen LogP contribution in [0.1, 0.15) is 0 Å². The van der Waals surface area contributed by atoms with Crippen molar-refractivity contribution < 1.29 is 4.92 Å². The van der Waals surface area contributed by atoms with Crippen molar-refractivity contribution in [1.82, 2.24) is 0 Å². The number of anilines is 2. The summed E-state index contributed by atoms with van der Waals surface area (Å²) in [7, 11) is 1.87. The highest BCUT2D eigenvalue weighted by Gasteiger charge is 2.21. The molecule has 0 spiro atoms. The molecule has 84 valence electrons. The number of nitrogens with one attached hydrogen (secondary N) is 1. The Morgan fingerprint density at radius 2 is 2.12 bits per heavy atom. The third kappa shape index (κ3) is 1.80. The molecule has 0 atom stereocenters. The van der Waals surface area contributed by atoms with Crippen LogP contribution in [-0.2, 0) is 0 Å². The number of nitro benzene ring substituents is 1. The van der Waals surface area contributed by atoms with E-state index in [2.05, 4.69) is 37.2 Å². The second-order valence-corrected chi connectivity index (χ2v) is 4.79. The summed E-state index contributed by atoms with van der Waals surface area (Å²) in [5.41, 5.74) is 1.64. The number of halogens is 2. The summed E-state index contributed by atoms with van der Waals surface area (Å²) < 4.78 is 1.58. The lowest BCUT2D eigenvalue weighted by atomic mass is 10.2. The zero-order chi connectivity index (χ0) is 11.9. The highest BCUT2D eigenvalue weighted by molar-refractivity contribution is 9.14. The van der Waals surface area contributed by atoms with Crippen LogP contribution in [0.15, 0.2) is 27.4 Å². The molecule has 1 aliphatic rings. The first-order valence-corrected chi connectivity index (χ1v) is 5.94. The van der Waals surface area contributed by atoms with Crippen molar-refractivity contribution >= 4 is 48.9 Å². The van der Waals surface area contributed by atoms with Crippen molar-refractivity contribution in [2.24, 2.45) is 0 Å². The van der Waals surface area contributed by atoms with Crippen molar-refractivity contribution in [3.8, 4) is 0 Å². The van der Waals surface area contributed by atoms with Gasteiger partial charge in [0.15, 0.2) is 0 Å². The molecule has 0 aromatic heterocycles. The molecule has 0 aliphatic carbocycles. The lowest BCUT2D eigenvalue weighted by Crippen LogP contribution is -2.21. The van der Waals surface area contributed by atoms with Crippen LogP contribution in [0, 0.1) is 10.1 Å². The molecule has 5 nitrogen and oxygen atoms in total. The summed E-state index contributed by atoms with van der Waals surface area (Å²) in [6, 6.07) is 4.70. The van der Waals surface area contributed by atoms with Gasteiger partial charge in [0.2, 0.25) is 0 Å². The Kier molecular flexibility index (Phi) is 2.90. The quantitative estimate of drug-likeness (QED) is 0.480. The zero-order valence-corrected chi connectivity index (χ0v) is 11.4. The zero-order valence-electron chi connectivity index (χ0n) is 8.20. The fourth-order valence-electron chi connectivity index (χ4n) is 1.45. The van der Waals surface area contributed by atoms with E-state index in [-0.39, 0.29) is 5.69 Å². The van der Waals surface area contributed by atoms with E-state index in [4.69, 9.17) is 0 Å². The van der Waals surface area contributed by atoms with Crippen LogP contribution < -0.4 is 10.2 Å². The van der Waals surface area contributed by atoms with Crippen molar-refractivity contribution in [1.29, 1.82) is 0 Å². The number of rotatable bonds is 1. The third-order valence-electron chi connectivity index (χ3n) is 2.27. The second-order valence-electron chi connectivity index (χ2n) is 3.25. The molecule has 0 saturated carbocycles. The van der Waals surface area contributed by atoms with Gasteiger partial charge in [0, 0.05) is 19.2 Å². The summed E-state index contributed by atoms with van der Waals surface area (Å²) in [5, 5.41) is 13.7. The van der Waals surface area contributed by atoms with Crippen LogP contribution in [-0.4, -0.2) is 12.0 Å². The van der Waals surface area contributed by atoms with Crippen LogP contribution in [0.25, 0.3) is 0 Å². The largest absolute Gasteiger partial charge is 0.346 e. The van der Waals surface area contributed by atoms with E-state index in [1.54, 1.807) is 6.07 Å². The number of nitro groups is 1. The van der Waals surface area contributed by atoms with E-state index in [9.17, 15) is 10.1 Å². The maximum Gasteiger partial charge on any atom is 0.271 e. The number of benzene rings is 1. The van der Waals surface area contributed by atoms with Gasteiger partial charge in [-0.25, -0.2) is 0 Å². The van der Waals surface area contributed by atoms with Crippen molar-refractivity contribution in [2.45, 2.75) is 0 Å². The molecule has 0 amide bonds. The van der Waals surface area contributed by atoms with Crippen LogP contribution in [0.4, 0.5) is 17.1 Å². The minimum atomic E-state index is -0.413. The van der Waals surface area contributed by atoms with Gasteiger partial charge in [0.05, 0.1) is 16.3 Å². The molecule has 0 unspecified atom stereocenters. The number of fused-ring (bicyclic) bond motifs is 1. The second kappa shape index (κ2) is 4.06. The van der Waals surface area contributed by atoms with Gasteiger partial charge in [-0.1, -0.05) is 0 Å². The number of nitrogens with zero attached hydrogens (tertiary/aromatic N) is 2. The van der Waals surface area contributed by atoms with E-state index < -0.39 is 4.92 Å². The topological polar surface area (TPSA) is 58.4 Å². The summed E-state index contributed by atoms with van der Waals surface area (Å²) >= 11 is 6.73. The molecule has 0 radical (unpaired) electrons. The predicted molar refractivity (Wildman–Crippen MR) is 70.0 cm³/mol. The van der Waals surface area contributed by atoms with Gasteiger partial charge in [-0.3, -0.25) is 10.1 Å². The van der Waals surface area contributed by atoms with Crippen LogP contribution in [0.2, 0.25) is 0 Å². The number of non-ortho nitro benzene ring substituents is 1. The van der Waals surface area contributed by atoms with Gasteiger partial charge >= 0.3 is 0 Å². The summed E-state index contributed by atoms with van der Waals surface area (Å²) in [4.78, 5) is 12.1. The van der Waals surface area contributed by atoms with Gasteiger partial charge in [0.1, 0.15) is 9.21 Å². The first kappa shape index (κ1) is 11.4. The van der Waals surface area contributed by atoms with E-state index >= 15 is 0 Å². The Balaban J connectivity index is 2.51. The van der Waals surface area contributed by atoms with Crippen LogP contribution >= 0.6 is 31.9 Å². The molecule has 1 aromatic rings. The minimum absolute atomic E-state index is 0.0676. The molecule has 7 heteroatoms. The van der Waals surface area contributed by atoms with Crippen LogP contribution in [0.5, 0.6) is 0 Å².